The number of aromatic nitrogens is 2. The zero-order chi connectivity index (χ0) is 15.3. The summed E-state index contributed by atoms with van der Waals surface area (Å²) in [6, 6.07) is 0. The largest absolute Gasteiger partial charge is 0.393 e. The van der Waals surface area contributed by atoms with Crippen molar-refractivity contribution in [1.29, 1.82) is 0 Å². The van der Waals surface area contributed by atoms with Crippen LogP contribution in [0.15, 0.2) is 11.2 Å². The lowest BCUT2D eigenvalue weighted by molar-refractivity contribution is 0.373. The second kappa shape index (κ2) is 7.14. The van der Waals surface area contributed by atoms with Crippen molar-refractivity contribution in [1.82, 2.24) is 14.3 Å². The lowest BCUT2D eigenvalue weighted by Crippen LogP contribution is -2.36. The van der Waals surface area contributed by atoms with Crippen molar-refractivity contribution >= 4 is 27.2 Å². The molecular formula is C12H22N4O2S2. The van der Waals surface area contributed by atoms with Crippen LogP contribution >= 0.6 is 12.2 Å². The maximum atomic E-state index is 12.6. The summed E-state index contributed by atoms with van der Waals surface area (Å²) >= 11 is 4.83. The number of hydrogen-bond acceptors (Lipinski definition) is 4. The molecule has 3 N–H and O–H groups in total. The van der Waals surface area contributed by atoms with Crippen LogP contribution in [-0.2, 0) is 16.4 Å². The minimum atomic E-state index is -3.58. The molecule has 0 aromatic carbocycles. The smallest absolute Gasteiger partial charge is 0.260 e. The topological polar surface area (TPSA) is 92.1 Å². The predicted octanol–water partition coefficient (Wildman–Crippen LogP) is 1.30. The van der Waals surface area contributed by atoms with Gasteiger partial charge in [-0.1, -0.05) is 33.0 Å². The first-order valence-electron chi connectivity index (χ1n) is 6.59. The highest BCUT2D eigenvalue weighted by Gasteiger charge is 2.26. The first kappa shape index (κ1) is 17.1. The minimum absolute atomic E-state index is 0.123. The van der Waals surface area contributed by atoms with Gasteiger partial charge in [0.2, 0.25) is 0 Å². The van der Waals surface area contributed by atoms with E-state index in [2.05, 4.69) is 9.97 Å². The van der Waals surface area contributed by atoms with Crippen molar-refractivity contribution < 1.29 is 8.42 Å². The summed E-state index contributed by atoms with van der Waals surface area (Å²) in [6.45, 7) is 6.55. The van der Waals surface area contributed by atoms with Gasteiger partial charge in [0.05, 0.1) is 11.2 Å². The highest BCUT2D eigenvalue weighted by Crippen LogP contribution is 2.16. The number of imidazole rings is 1. The number of aromatic amines is 1. The molecule has 0 amide bonds. The molecule has 0 saturated heterocycles. The number of H-pyrrole nitrogens is 1. The number of nitrogens with two attached hydrogens (primary N) is 1. The Labute approximate surface area is 125 Å². The Morgan fingerprint density at radius 3 is 2.65 bits per heavy atom. The van der Waals surface area contributed by atoms with Gasteiger partial charge in [-0.05, 0) is 5.92 Å². The second-order valence-corrected chi connectivity index (χ2v) is 7.45. The van der Waals surface area contributed by atoms with E-state index in [1.807, 2.05) is 20.8 Å². The van der Waals surface area contributed by atoms with Crippen molar-refractivity contribution in [2.45, 2.75) is 38.6 Å². The Bertz CT molecular complexity index is 552. The fourth-order valence-electron chi connectivity index (χ4n) is 1.74. The van der Waals surface area contributed by atoms with Crippen LogP contribution in [0.2, 0.25) is 0 Å². The van der Waals surface area contributed by atoms with Crippen LogP contribution < -0.4 is 5.73 Å². The Morgan fingerprint density at radius 2 is 2.20 bits per heavy atom. The highest BCUT2D eigenvalue weighted by molar-refractivity contribution is 7.89. The minimum Gasteiger partial charge on any atom is -0.393 e. The van der Waals surface area contributed by atoms with Gasteiger partial charge in [-0.15, -0.1) is 0 Å². The first-order chi connectivity index (χ1) is 9.27. The molecule has 1 aromatic heterocycles. The van der Waals surface area contributed by atoms with Crippen LogP contribution in [0.25, 0.3) is 0 Å². The van der Waals surface area contributed by atoms with E-state index in [0.717, 1.165) is 0 Å². The molecule has 0 aliphatic rings. The summed E-state index contributed by atoms with van der Waals surface area (Å²) in [5.41, 5.74) is 5.47. The van der Waals surface area contributed by atoms with Gasteiger partial charge in [-0.25, -0.2) is 13.4 Å². The summed E-state index contributed by atoms with van der Waals surface area (Å²) in [5.74, 6) is 0.868. The van der Waals surface area contributed by atoms with E-state index in [4.69, 9.17) is 18.0 Å². The zero-order valence-electron chi connectivity index (χ0n) is 12.1. The van der Waals surface area contributed by atoms with Gasteiger partial charge in [-0.2, -0.15) is 4.31 Å². The standard InChI is InChI=1S/C12H22N4O2S2/c1-4-11-14-7-12(15-11)20(17,18)16(8-9(2)3)6-5-10(13)19/h7,9H,4-6,8H2,1-3H3,(H2,13,19)(H,14,15). The Kier molecular flexibility index (Phi) is 6.09. The summed E-state index contributed by atoms with van der Waals surface area (Å²) in [6.07, 6.45) is 2.39. The van der Waals surface area contributed by atoms with Gasteiger partial charge in [0.25, 0.3) is 10.0 Å². The number of hydrogen-bond donors (Lipinski definition) is 2. The molecule has 0 unspecified atom stereocenters. The number of rotatable bonds is 8. The molecule has 0 fully saturated rings. The molecule has 0 atom stereocenters. The van der Waals surface area contributed by atoms with Crippen LogP contribution in [0.1, 0.15) is 33.0 Å². The van der Waals surface area contributed by atoms with E-state index in [9.17, 15) is 8.42 Å². The van der Waals surface area contributed by atoms with Crippen LogP contribution in [0.3, 0.4) is 0 Å². The molecule has 114 valence electrons. The Morgan fingerprint density at radius 1 is 1.55 bits per heavy atom. The molecule has 0 aliphatic carbocycles. The third kappa shape index (κ3) is 4.53. The molecule has 1 heterocycles. The summed E-state index contributed by atoms with van der Waals surface area (Å²) < 4.78 is 26.6. The third-order valence-corrected chi connectivity index (χ3v) is 4.71. The van der Waals surface area contributed by atoms with Crippen molar-refractivity contribution in [2.24, 2.45) is 11.7 Å². The maximum Gasteiger partial charge on any atom is 0.260 e. The van der Waals surface area contributed by atoms with Crippen molar-refractivity contribution in [3.63, 3.8) is 0 Å². The van der Waals surface area contributed by atoms with E-state index >= 15 is 0 Å². The molecule has 1 rings (SSSR count). The number of nitrogens with one attached hydrogen (secondary N) is 1. The number of sulfonamides is 1. The van der Waals surface area contributed by atoms with Gasteiger partial charge in [-0.3, -0.25) is 0 Å². The maximum absolute atomic E-state index is 12.6. The Hall–Kier alpha value is -0.990. The zero-order valence-corrected chi connectivity index (χ0v) is 13.7. The predicted molar refractivity (Wildman–Crippen MR) is 83.0 cm³/mol. The number of thiocarbonyl (C=S) groups is 1. The van der Waals surface area contributed by atoms with Gasteiger partial charge in [0.15, 0.2) is 5.03 Å². The summed E-state index contributed by atoms with van der Waals surface area (Å²) in [4.78, 5) is 7.20. The summed E-state index contributed by atoms with van der Waals surface area (Å²) in [5, 5.41) is 0.123. The lowest BCUT2D eigenvalue weighted by Gasteiger charge is -2.22. The molecule has 1 aromatic rings. The number of aryl methyl sites for hydroxylation is 1. The third-order valence-electron chi connectivity index (χ3n) is 2.73. The highest BCUT2D eigenvalue weighted by atomic mass is 32.2. The van der Waals surface area contributed by atoms with E-state index in [0.29, 0.717) is 30.2 Å². The molecule has 0 bridgehead atoms. The molecule has 0 spiro atoms. The van der Waals surface area contributed by atoms with Gasteiger partial charge < -0.3 is 10.7 Å². The fourth-order valence-corrected chi connectivity index (χ4v) is 3.37. The monoisotopic (exact) mass is 318 g/mol. The van der Waals surface area contributed by atoms with E-state index in [1.54, 1.807) is 0 Å². The van der Waals surface area contributed by atoms with Gasteiger partial charge in [0.1, 0.15) is 5.82 Å². The van der Waals surface area contributed by atoms with Crippen molar-refractivity contribution in [3.05, 3.63) is 12.0 Å². The Balaban J connectivity index is 2.99. The van der Waals surface area contributed by atoms with Crippen LogP contribution in [0.4, 0.5) is 0 Å². The molecule has 8 heteroatoms. The second-order valence-electron chi connectivity index (χ2n) is 5.02. The average Bonchev–Trinajstić information content (AvgIpc) is 2.83. The lowest BCUT2D eigenvalue weighted by atomic mass is 10.2. The quantitative estimate of drug-likeness (QED) is 0.705. The average molecular weight is 318 g/mol. The molecule has 20 heavy (non-hydrogen) atoms. The molecular weight excluding hydrogens is 296 g/mol. The molecule has 6 nitrogen and oxygen atoms in total. The van der Waals surface area contributed by atoms with Crippen LogP contribution in [-0.4, -0.2) is 40.8 Å². The number of nitrogens with zero attached hydrogens (tertiary/aromatic N) is 2. The first-order valence-corrected chi connectivity index (χ1v) is 8.44. The molecule has 0 saturated carbocycles. The van der Waals surface area contributed by atoms with Crippen LogP contribution in [0.5, 0.6) is 0 Å². The fraction of sp³-hybridized carbons (Fsp3) is 0.667. The molecule has 0 aliphatic heterocycles. The van der Waals surface area contributed by atoms with Crippen LogP contribution in [0, 0.1) is 5.92 Å². The van der Waals surface area contributed by atoms with E-state index in [1.165, 1.54) is 10.5 Å². The van der Waals surface area contributed by atoms with Gasteiger partial charge in [0, 0.05) is 25.9 Å². The van der Waals surface area contributed by atoms with E-state index in [-0.39, 0.29) is 17.5 Å². The SMILES string of the molecule is CCc1ncc(S(=O)(=O)N(CCC(N)=S)CC(C)C)[nH]1. The summed E-state index contributed by atoms with van der Waals surface area (Å²) in [7, 11) is -3.58. The molecule has 0 radical (unpaired) electrons. The van der Waals surface area contributed by atoms with Crippen molar-refractivity contribution in [3.8, 4) is 0 Å². The van der Waals surface area contributed by atoms with E-state index < -0.39 is 10.0 Å². The van der Waals surface area contributed by atoms with Gasteiger partial charge >= 0.3 is 0 Å². The van der Waals surface area contributed by atoms with Crippen molar-refractivity contribution in [2.75, 3.05) is 13.1 Å². The normalized spacial score (nSPS) is 12.2.